The van der Waals surface area contributed by atoms with Crippen LogP contribution in [0, 0.1) is 6.92 Å². The highest BCUT2D eigenvalue weighted by molar-refractivity contribution is 5.89. The molecule has 0 fully saturated rings. The van der Waals surface area contributed by atoms with E-state index in [-0.39, 0.29) is 18.8 Å². The summed E-state index contributed by atoms with van der Waals surface area (Å²) in [6, 6.07) is 5.60. The van der Waals surface area contributed by atoms with Crippen LogP contribution in [0.2, 0.25) is 0 Å². The van der Waals surface area contributed by atoms with Crippen LogP contribution in [-0.2, 0) is 11.2 Å². The van der Waals surface area contributed by atoms with Crippen LogP contribution in [0.25, 0.3) is 10.9 Å². The molecule has 5 heteroatoms. The summed E-state index contributed by atoms with van der Waals surface area (Å²) in [6.07, 6.45) is 0.0268. The highest BCUT2D eigenvalue weighted by Crippen LogP contribution is 2.26. The lowest BCUT2D eigenvalue weighted by Crippen LogP contribution is -2.00. The van der Waals surface area contributed by atoms with Crippen LogP contribution in [0.15, 0.2) is 18.2 Å². The van der Waals surface area contributed by atoms with Crippen molar-refractivity contribution >= 4 is 29.3 Å². The number of carbonyl (C=O) groups is 1. The van der Waals surface area contributed by atoms with Gasteiger partial charge in [-0.25, -0.2) is 0 Å². The van der Waals surface area contributed by atoms with Gasteiger partial charge in [0, 0.05) is 16.6 Å². The van der Waals surface area contributed by atoms with E-state index in [9.17, 15) is 4.79 Å². The van der Waals surface area contributed by atoms with Gasteiger partial charge in [-0.1, -0.05) is 0 Å². The van der Waals surface area contributed by atoms with E-state index >= 15 is 0 Å². The van der Waals surface area contributed by atoms with E-state index in [1.54, 1.807) is 7.11 Å². The second-order valence-electron chi connectivity index (χ2n) is 3.71. The fourth-order valence-corrected chi connectivity index (χ4v) is 1.87. The van der Waals surface area contributed by atoms with E-state index in [4.69, 9.17) is 9.84 Å². The van der Waals surface area contributed by atoms with Crippen molar-refractivity contribution in [2.75, 3.05) is 7.11 Å². The number of H-pyrrole nitrogens is 1. The molecule has 2 N–H and O–H groups in total. The number of aromatic nitrogens is 1. The van der Waals surface area contributed by atoms with Crippen LogP contribution in [-0.4, -0.2) is 23.2 Å². The van der Waals surface area contributed by atoms with Crippen LogP contribution >= 0.6 is 12.4 Å². The molecular formula is C12H14ClNO3. The molecule has 4 nitrogen and oxygen atoms in total. The van der Waals surface area contributed by atoms with E-state index in [1.165, 1.54) is 0 Å². The Morgan fingerprint density at radius 1 is 1.47 bits per heavy atom. The van der Waals surface area contributed by atoms with Gasteiger partial charge in [0.2, 0.25) is 0 Å². The van der Waals surface area contributed by atoms with E-state index in [1.807, 2.05) is 25.1 Å². The molecule has 2 rings (SSSR count). The highest BCUT2D eigenvalue weighted by Gasteiger charge is 2.12. The molecule has 0 aliphatic carbocycles. The maximum absolute atomic E-state index is 10.8. The molecule has 0 bridgehead atoms. The molecule has 92 valence electrons. The van der Waals surface area contributed by atoms with E-state index in [0.717, 1.165) is 27.9 Å². The molecule has 1 heterocycles. The van der Waals surface area contributed by atoms with Gasteiger partial charge in [0.05, 0.1) is 13.5 Å². The van der Waals surface area contributed by atoms with Crippen molar-refractivity contribution in [1.82, 2.24) is 4.98 Å². The number of carboxylic acids is 1. The zero-order chi connectivity index (χ0) is 11.7. The summed E-state index contributed by atoms with van der Waals surface area (Å²) in [7, 11) is 1.59. The largest absolute Gasteiger partial charge is 0.497 e. The van der Waals surface area contributed by atoms with Crippen LogP contribution in [0.1, 0.15) is 11.3 Å². The van der Waals surface area contributed by atoms with Crippen LogP contribution in [0.3, 0.4) is 0 Å². The first kappa shape index (κ1) is 13.4. The van der Waals surface area contributed by atoms with Crippen LogP contribution in [0.4, 0.5) is 0 Å². The lowest BCUT2D eigenvalue weighted by Gasteiger charge is -2.00. The van der Waals surface area contributed by atoms with Gasteiger partial charge in [0.1, 0.15) is 5.75 Å². The van der Waals surface area contributed by atoms with Gasteiger partial charge in [-0.3, -0.25) is 4.79 Å². The number of aromatic amines is 1. The highest BCUT2D eigenvalue weighted by atomic mass is 35.5. The summed E-state index contributed by atoms with van der Waals surface area (Å²) >= 11 is 0. The average molecular weight is 256 g/mol. The number of aryl methyl sites for hydroxylation is 1. The summed E-state index contributed by atoms with van der Waals surface area (Å²) in [5, 5.41) is 9.77. The standard InChI is InChI=1S/C12H13NO3.ClH/c1-7-9(6-12(14)15)10-5-8(16-2)3-4-11(10)13-7;/h3-5,13H,6H2,1-2H3,(H,14,15);1H. The van der Waals surface area contributed by atoms with E-state index in [0.29, 0.717) is 0 Å². The summed E-state index contributed by atoms with van der Waals surface area (Å²) in [6.45, 7) is 1.88. The summed E-state index contributed by atoms with van der Waals surface area (Å²) in [4.78, 5) is 13.9. The number of hydrogen-bond donors (Lipinski definition) is 2. The summed E-state index contributed by atoms with van der Waals surface area (Å²) < 4.78 is 5.13. The van der Waals surface area contributed by atoms with Crippen molar-refractivity contribution in [1.29, 1.82) is 0 Å². The Bertz CT molecular complexity index is 548. The molecule has 0 saturated carbocycles. The first-order valence-electron chi connectivity index (χ1n) is 4.99. The van der Waals surface area contributed by atoms with Crippen LogP contribution in [0.5, 0.6) is 5.75 Å². The minimum Gasteiger partial charge on any atom is -0.497 e. The number of ether oxygens (including phenoxy) is 1. The first-order chi connectivity index (χ1) is 7.61. The Morgan fingerprint density at radius 2 is 2.18 bits per heavy atom. The molecule has 2 aromatic rings. The van der Waals surface area contributed by atoms with Gasteiger partial charge < -0.3 is 14.8 Å². The fraction of sp³-hybridized carbons (Fsp3) is 0.250. The number of halogens is 1. The molecule has 0 aliphatic rings. The number of fused-ring (bicyclic) bond motifs is 1. The molecule has 0 atom stereocenters. The number of nitrogens with one attached hydrogen (secondary N) is 1. The normalized spacial score (nSPS) is 10.0. The second kappa shape index (κ2) is 5.10. The number of carboxylic acid groups (broad SMARTS) is 1. The van der Waals surface area contributed by atoms with Crippen molar-refractivity contribution < 1.29 is 14.6 Å². The Balaban J connectivity index is 0.00000144. The molecule has 0 spiro atoms. The fourth-order valence-electron chi connectivity index (χ4n) is 1.87. The molecule has 0 saturated heterocycles. The van der Waals surface area contributed by atoms with E-state index < -0.39 is 5.97 Å². The van der Waals surface area contributed by atoms with Crippen LogP contribution < -0.4 is 4.74 Å². The number of methoxy groups -OCH3 is 1. The maximum Gasteiger partial charge on any atom is 0.307 e. The van der Waals surface area contributed by atoms with Crippen molar-refractivity contribution in [3.05, 3.63) is 29.5 Å². The van der Waals surface area contributed by atoms with Gasteiger partial charge in [-0.05, 0) is 30.7 Å². The predicted octanol–water partition coefficient (Wildman–Crippen LogP) is 2.53. The Labute approximate surface area is 105 Å². The van der Waals surface area contributed by atoms with Crippen molar-refractivity contribution in [3.8, 4) is 5.75 Å². The monoisotopic (exact) mass is 255 g/mol. The molecule has 0 aliphatic heterocycles. The third kappa shape index (κ3) is 2.53. The maximum atomic E-state index is 10.8. The molecule has 0 unspecified atom stereocenters. The molecule has 0 amide bonds. The minimum atomic E-state index is -0.827. The Kier molecular flexibility index (Phi) is 4.02. The van der Waals surface area contributed by atoms with Gasteiger partial charge in [-0.2, -0.15) is 0 Å². The molecule has 1 aromatic carbocycles. The second-order valence-corrected chi connectivity index (χ2v) is 3.71. The SMILES string of the molecule is COc1ccc2[nH]c(C)c(CC(=O)O)c2c1.Cl. The van der Waals surface area contributed by atoms with Crippen molar-refractivity contribution in [2.45, 2.75) is 13.3 Å². The first-order valence-corrected chi connectivity index (χ1v) is 4.99. The summed E-state index contributed by atoms with van der Waals surface area (Å²) in [5.74, 6) is -0.0926. The molecule has 17 heavy (non-hydrogen) atoms. The number of benzene rings is 1. The molecule has 1 aromatic heterocycles. The zero-order valence-electron chi connectivity index (χ0n) is 9.61. The zero-order valence-corrected chi connectivity index (χ0v) is 10.4. The Morgan fingerprint density at radius 3 is 2.76 bits per heavy atom. The number of rotatable bonds is 3. The van der Waals surface area contributed by atoms with Gasteiger partial charge in [0.25, 0.3) is 0 Å². The molecular weight excluding hydrogens is 242 g/mol. The third-order valence-corrected chi connectivity index (χ3v) is 2.65. The minimum absolute atomic E-state index is 0. The number of hydrogen-bond acceptors (Lipinski definition) is 2. The third-order valence-electron chi connectivity index (χ3n) is 2.65. The van der Waals surface area contributed by atoms with E-state index in [2.05, 4.69) is 4.98 Å². The quantitative estimate of drug-likeness (QED) is 0.886. The van der Waals surface area contributed by atoms with Gasteiger partial charge >= 0.3 is 5.97 Å². The Hall–Kier alpha value is -1.68. The predicted molar refractivity (Wildman–Crippen MR) is 68.2 cm³/mol. The average Bonchev–Trinajstić information content (AvgIpc) is 2.54. The van der Waals surface area contributed by atoms with Gasteiger partial charge in [-0.15, -0.1) is 12.4 Å². The van der Waals surface area contributed by atoms with Crippen molar-refractivity contribution in [2.24, 2.45) is 0 Å². The number of aliphatic carboxylic acids is 1. The summed E-state index contributed by atoms with van der Waals surface area (Å²) in [5.41, 5.74) is 2.65. The lowest BCUT2D eigenvalue weighted by atomic mass is 10.1. The smallest absolute Gasteiger partial charge is 0.307 e. The van der Waals surface area contributed by atoms with Crippen molar-refractivity contribution in [3.63, 3.8) is 0 Å². The lowest BCUT2D eigenvalue weighted by molar-refractivity contribution is -0.136. The topological polar surface area (TPSA) is 62.3 Å². The molecule has 0 radical (unpaired) electrons. The van der Waals surface area contributed by atoms with Gasteiger partial charge in [0.15, 0.2) is 0 Å².